The SMILES string of the molecule is CCc1ccc2oc(-c3cccc(Br)c3)nc2c1. The molecule has 2 nitrogen and oxygen atoms in total. The van der Waals surface area contributed by atoms with E-state index < -0.39 is 0 Å². The molecular formula is C15H12BrNO. The van der Waals surface area contributed by atoms with Gasteiger partial charge in [0.1, 0.15) is 5.52 Å². The quantitative estimate of drug-likeness (QED) is 0.678. The minimum absolute atomic E-state index is 0.666. The number of benzene rings is 2. The van der Waals surface area contributed by atoms with E-state index in [9.17, 15) is 0 Å². The zero-order valence-corrected chi connectivity index (χ0v) is 11.6. The van der Waals surface area contributed by atoms with Crippen molar-refractivity contribution in [2.45, 2.75) is 13.3 Å². The van der Waals surface area contributed by atoms with Crippen LogP contribution in [-0.4, -0.2) is 4.98 Å². The smallest absolute Gasteiger partial charge is 0.227 e. The molecule has 3 aromatic rings. The molecule has 0 amide bonds. The summed E-state index contributed by atoms with van der Waals surface area (Å²) >= 11 is 3.46. The molecule has 0 saturated carbocycles. The number of oxazole rings is 1. The number of aryl methyl sites for hydroxylation is 1. The fourth-order valence-electron chi connectivity index (χ4n) is 1.94. The van der Waals surface area contributed by atoms with Gasteiger partial charge in [-0.15, -0.1) is 0 Å². The molecule has 3 rings (SSSR count). The highest BCUT2D eigenvalue weighted by atomic mass is 79.9. The summed E-state index contributed by atoms with van der Waals surface area (Å²) in [7, 11) is 0. The Labute approximate surface area is 114 Å². The Kier molecular flexibility index (Phi) is 2.92. The Morgan fingerprint density at radius 3 is 2.83 bits per heavy atom. The molecule has 0 spiro atoms. The molecule has 2 aromatic carbocycles. The van der Waals surface area contributed by atoms with E-state index >= 15 is 0 Å². The van der Waals surface area contributed by atoms with E-state index in [1.165, 1.54) is 5.56 Å². The van der Waals surface area contributed by atoms with Crippen LogP contribution in [0, 0.1) is 0 Å². The third kappa shape index (κ3) is 2.06. The van der Waals surface area contributed by atoms with Crippen molar-refractivity contribution in [2.75, 3.05) is 0 Å². The molecule has 0 aliphatic rings. The summed E-state index contributed by atoms with van der Waals surface area (Å²) in [5.74, 6) is 0.666. The van der Waals surface area contributed by atoms with Crippen LogP contribution in [-0.2, 0) is 6.42 Å². The van der Waals surface area contributed by atoms with E-state index in [0.717, 1.165) is 27.6 Å². The van der Waals surface area contributed by atoms with Gasteiger partial charge >= 0.3 is 0 Å². The van der Waals surface area contributed by atoms with Gasteiger partial charge in [-0.1, -0.05) is 35.0 Å². The summed E-state index contributed by atoms with van der Waals surface area (Å²) in [6, 6.07) is 14.1. The third-order valence-corrected chi connectivity index (χ3v) is 3.43. The van der Waals surface area contributed by atoms with Gasteiger partial charge < -0.3 is 4.42 Å². The molecule has 0 N–H and O–H groups in total. The first-order valence-electron chi connectivity index (χ1n) is 5.91. The summed E-state index contributed by atoms with van der Waals surface area (Å²) in [6.45, 7) is 2.14. The van der Waals surface area contributed by atoms with Crippen molar-refractivity contribution in [1.29, 1.82) is 0 Å². The van der Waals surface area contributed by atoms with Gasteiger partial charge in [-0.05, 0) is 42.3 Å². The predicted octanol–water partition coefficient (Wildman–Crippen LogP) is 4.82. The van der Waals surface area contributed by atoms with Crippen LogP contribution >= 0.6 is 15.9 Å². The highest BCUT2D eigenvalue weighted by Gasteiger charge is 2.08. The predicted molar refractivity (Wildman–Crippen MR) is 76.5 cm³/mol. The maximum Gasteiger partial charge on any atom is 0.227 e. The molecule has 0 bridgehead atoms. The third-order valence-electron chi connectivity index (χ3n) is 2.93. The molecule has 0 aliphatic heterocycles. The molecule has 90 valence electrons. The van der Waals surface area contributed by atoms with Gasteiger partial charge in [0, 0.05) is 10.0 Å². The number of aromatic nitrogens is 1. The Morgan fingerprint density at radius 1 is 1.17 bits per heavy atom. The van der Waals surface area contributed by atoms with Crippen LogP contribution in [0.5, 0.6) is 0 Å². The highest BCUT2D eigenvalue weighted by Crippen LogP contribution is 2.26. The van der Waals surface area contributed by atoms with Crippen molar-refractivity contribution in [3.05, 3.63) is 52.5 Å². The van der Waals surface area contributed by atoms with Crippen molar-refractivity contribution in [2.24, 2.45) is 0 Å². The summed E-state index contributed by atoms with van der Waals surface area (Å²) in [5.41, 5.74) is 4.02. The molecule has 0 unspecified atom stereocenters. The van der Waals surface area contributed by atoms with Gasteiger partial charge in [-0.3, -0.25) is 0 Å². The van der Waals surface area contributed by atoms with Crippen LogP contribution in [0.3, 0.4) is 0 Å². The van der Waals surface area contributed by atoms with Crippen LogP contribution in [0.2, 0.25) is 0 Å². The van der Waals surface area contributed by atoms with Crippen LogP contribution in [0.25, 0.3) is 22.6 Å². The number of rotatable bonds is 2. The number of halogens is 1. The van der Waals surface area contributed by atoms with Crippen LogP contribution in [0.15, 0.2) is 51.4 Å². The van der Waals surface area contributed by atoms with E-state index in [1.807, 2.05) is 30.3 Å². The van der Waals surface area contributed by atoms with E-state index in [-0.39, 0.29) is 0 Å². The number of fused-ring (bicyclic) bond motifs is 1. The van der Waals surface area contributed by atoms with E-state index in [2.05, 4.69) is 40.0 Å². The summed E-state index contributed by atoms with van der Waals surface area (Å²) < 4.78 is 6.80. The lowest BCUT2D eigenvalue weighted by atomic mass is 10.1. The van der Waals surface area contributed by atoms with Gasteiger partial charge in [0.05, 0.1) is 0 Å². The van der Waals surface area contributed by atoms with Gasteiger partial charge in [-0.2, -0.15) is 0 Å². The summed E-state index contributed by atoms with van der Waals surface area (Å²) in [4.78, 5) is 4.55. The zero-order valence-electron chi connectivity index (χ0n) is 9.98. The minimum atomic E-state index is 0.666. The van der Waals surface area contributed by atoms with Crippen molar-refractivity contribution < 1.29 is 4.42 Å². The molecule has 0 fully saturated rings. The molecule has 3 heteroatoms. The molecule has 1 aromatic heterocycles. The number of nitrogens with zero attached hydrogens (tertiary/aromatic N) is 1. The van der Waals surface area contributed by atoms with E-state index in [1.54, 1.807) is 0 Å². The number of hydrogen-bond donors (Lipinski definition) is 0. The molecule has 1 heterocycles. The molecular weight excluding hydrogens is 290 g/mol. The highest BCUT2D eigenvalue weighted by molar-refractivity contribution is 9.10. The molecule has 0 saturated heterocycles. The Bertz CT molecular complexity index is 703. The Morgan fingerprint density at radius 2 is 2.06 bits per heavy atom. The summed E-state index contributed by atoms with van der Waals surface area (Å²) in [6.07, 6.45) is 1.01. The van der Waals surface area contributed by atoms with Gasteiger partial charge in [0.2, 0.25) is 5.89 Å². The normalized spacial score (nSPS) is 11.0. The van der Waals surface area contributed by atoms with Crippen molar-refractivity contribution in [3.8, 4) is 11.5 Å². The Balaban J connectivity index is 2.13. The van der Waals surface area contributed by atoms with Gasteiger partial charge in [-0.25, -0.2) is 4.98 Å². The molecule has 0 radical (unpaired) electrons. The molecule has 0 atom stereocenters. The zero-order chi connectivity index (χ0) is 12.5. The van der Waals surface area contributed by atoms with Crippen molar-refractivity contribution >= 4 is 27.0 Å². The van der Waals surface area contributed by atoms with E-state index in [4.69, 9.17) is 4.42 Å². The molecule has 18 heavy (non-hydrogen) atoms. The average Bonchev–Trinajstić information content (AvgIpc) is 2.81. The van der Waals surface area contributed by atoms with Gasteiger partial charge in [0.15, 0.2) is 5.58 Å². The monoisotopic (exact) mass is 301 g/mol. The lowest BCUT2D eigenvalue weighted by Crippen LogP contribution is -1.79. The first-order valence-corrected chi connectivity index (χ1v) is 6.71. The summed E-state index contributed by atoms with van der Waals surface area (Å²) in [5, 5.41) is 0. The van der Waals surface area contributed by atoms with Crippen LogP contribution in [0.4, 0.5) is 0 Å². The standard InChI is InChI=1S/C15H12BrNO/c1-2-10-6-7-14-13(8-10)17-15(18-14)11-4-3-5-12(16)9-11/h3-9H,2H2,1H3. The largest absolute Gasteiger partial charge is 0.436 e. The lowest BCUT2D eigenvalue weighted by Gasteiger charge is -1.94. The minimum Gasteiger partial charge on any atom is -0.436 e. The second kappa shape index (κ2) is 4.58. The van der Waals surface area contributed by atoms with E-state index in [0.29, 0.717) is 5.89 Å². The second-order valence-corrected chi connectivity index (χ2v) is 5.10. The average molecular weight is 302 g/mol. The van der Waals surface area contributed by atoms with Crippen molar-refractivity contribution in [1.82, 2.24) is 4.98 Å². The number of hydrogen-bond acceptors (Lipinski definition) is 2. The molecule has 0 aliphatic carbocycles. The maximum atomic E-state index is 5.78. The lowest BCUT2D eigenvalue weighted by molar-refractivity contribution is 0.619. The fraction of sp³-hybridized carbons (Fsp3) is 0.133. The maximum absolute atomic E-state index is 5.78. The first-order chi connectivity index (χ1) is 8.76. The Hall–Kier alpha value is -1.61. The van der Waals surface area contributed by atoms with Gasteiger partial charge in [0.25, 0.3) is 0 Å². The second-order valence-electron chi connectivity index (χ2n) is 4.18. The first kappa shape index (κ1) is 11.5. The van der Waals surface area contributed by atoms with Crippen LogP contribution in [0.1, 0.15) is 12.5 Å². The fourth-order valence-corrected chi connectivity index (χ4v) is 2.34. The van der Waals surface area contributed by atoms with Crippen LogP contribution < -0.4 is 0 Å². The topological polar surface area (TPSA) is 26.0 Å². The van der Waals surface area contributed by atoms with Crippen molar-refractivity contribution in [3.63, 3.8) is 0 Å².